The minimum atomic E-state index is -6.72. The average molecular weight is 555 g/mol. The van der Waals surface area contributed by atoms with Gasteiger partial charge < -0.3 is 13.0 Å². The Labute approximate surface area is 194 Å². The molecule has 0 N–H and O–H groups in total. The van der Waals surface area contributed by atoms with Crippen LogP contribution < -0.4 is 0 Å². The second kappa shape index (κ2) is 13.6. The van der Waals surface area contributed by atoms with Crippen LogP contribution >= 0.6 is 0 Å². The molecule has 0 saturated carbocycles. The van der Waals surface area contributed by atoms with E-state index in [9.17, 15) is 43.2 Å². The number of unbranched alkanes of at least 4 members (excludes halogenated alkanes) is 5. The van der Waals surface area contributed by atoms with Gasteiger partial charge in [-0.3, -0.25) is 0 Å². The van der Waals surface area contributed by atoms with Gasteiger partial charge in [-0.25, -0.2) is 16.8 Å². The second-order valence-corrected chi connectivity index (χ2v) is 17.0. The zero-order valence-corrected chi connectivity index (χ0v) is 22.5. The van der Waals surface area contributed by atoms with Crippen molar-refractivity contribution in [2.45, 2.75) is 76.1 Å². The average Bonchev–Trinajstić information content (AvgIpc) is 2.54. The normalized spacial score (nSPS) is 14.1. The van der Waals surface area contributed by atoms with Gasteiger partial charge in [-0.05, 0) is 32.5 Å². The van der Waals surface area contributed by atoms with Crippen LogP contribution in [0.15, 0.2) is 0 Å². The Morgan fingerprint density at radius 3 is 1.52 bits per heavy atom. The van der Waals surface area contributed by atoms with Gasteiger partial charge in [0.2, 0.25) is 0 Å². The third-order valence-electron chi connectivity index (χ3n) is 4.13. The van der Waals surface area contributed by atoms with E-state index in [0.29, 0.717) is 0 Å². The highest BCUT2D eigenvalue weighted by Crippen LogP contribution is 2.36. The Hall–Kier alpha value is -0.423. The number of alkyl halides is 6. The number of hydrogen-bond donors (Lipinski definition) is 0. The predicted octanol–water partition coefficient (Wildman–Crippen LogP) is 5.33. The van der Waals surface area contributed by atoms with Crippen molar-refractivity contribution in [3.05, 3.63) is 4.13 Å². The topological polar surface area (TPSA) is 91.6 Å². The maximum atomic E-state index is 11.4. The third kappa shape index (κ3) is 16.8. The highest BCUT2D eigenvalue weighted by Gasteiger charge is 2.46. The van der Waals surface area contributed by atoms with Crippen molar-refractivity contribution >= 4 is 28.4 Å². The van der Waals surface area contributed by atoms with Crippen molar-refractivity contribution in [3.63, 3.8) is 0 Å². The monoisotopic (exact) mass is 554 g/mol. The summed E-state index contributed by atoms with van der Waals surface area (Å²) >= 11 is 0. The summed E-state index contributed by atoms with van der Waals surface area (Å²) in [5, 5.41) is 0. The van der Waals surface area contributed by atoms with Gasteiger partial charge in [-0.2, -0.15) is 26.3 Å². The molecule has 7 nitrogen and oxygen atoms in total. The molecule has 0 aromatic heterocycles. The Bertz CT molecular complexity index is 722. The molecular formula is C17H36F6N2O5S2Si. The number of hydrogen-bond acceptors (Lipinski definition) is 5. The molecule has 0 aliphatic rings. The van der Waals surface area contributed by atoms with Crippen molar-refractivity contribution in [2.75, 3.05) is 33.8 Å². The first-order valence-corrected chi connectivity index (χ1v) is 16.6. The van der Waals surface area contributed by atoms with E-state index in [1.54, 1.807) is 0 Å². The van der Waals surface area contributed by atoms with Crippen LogP contribution in [0.5, 0.6) is 0 Å². The minimum Gasteiger partial charge on any atom is -0.421 e. The Morgan fingerprint density at radius 1 is 0.758 bits per heavy atom. The standard InChI is InChI=1S/C15H36NOSi.C2F6NO4S2/c1-7-8-9-10-11-12-13-16(2,3)14-15-17-18(4,5)6;3-1(4,5)14(10,11)9-15(12,13)2(6,7)8/h7-15H2,1-6H3;/q+1;-1. The summed E-state index contributed by atoms with van der Waals surface area (Å²) < 4.78 is 116. The van der Waals surface area contributed by atoms with E-state index in [4.69, 9.17) is 4.43 Å². The maximum Gasteiger partial charge on any atom is 0.480 e. The number of rotatable bonds is 13. The van der Waals surface area contributed by atoms with Gasteiger partial charge >= 0.3 is 11.0 Å². The molecule has 0 aliphatic heterocycles. The van der Waals surface area contributed by atoms with Gasteiger partial charge in [0.05, 0.1) is 27.2 Å². The van der Waals surface area contributed by atoms with Gasteiger partial charge in [-0.1, -0.05) is 32.6 Å². The van der Waals surface area contributed by atoms with E-state index in [2.05, 4.69) is 40.7 Å². The SMILES string of the molecule is CCCCCCCC[N+](C)(C)CCO[Si](C)(C)C.O=S(=O)([N-]S(=O)(=O)C(F)(F)F)C(F)(F)F. The summed E-state index contributed by atoms with van der Waals surface area (Å²) in [5.74, 6) is 0. The Kier molecular flexibility index (Phi) is 14.3. The molecule has 0 radical (unpaired) electrons. The molecule has 0 bridgehead atoms. The summed E-state index contributed by atoms with van der Waals surface area (Å²) in [4.78, 5) is 0. The van der Waals surface area contributed by atoms with E-state index in [-0.39, 0.29) is 0 Å². The fourth-order valence-electron chi connectivity index (χ4n) is 2.24. The number of sulfonamides is 2. The van der Waals surface area contributed by atoms with Crippen LogP contribution in [0.1, 0.15) is 45.4 Å². The summed E-state index contributed by atoms with van der Waals surface area (Å²) in [6.45, 7) is 12.4. The molecule has 16 heteroatoms. The van der Waals surface area contributed by atoms with E-state index in [1.807, 2.05) is 0 Å². The molecule has 0 saturated heterocycles. The zero-order valence-electron chi connectivity index (χ0n) is 19.9. The molecule has 0 aliphatic carbocycles. The molecular weight excluding hydrogens is 518 g/mol. The van der Waals surface area contributed by atoms with Crippen LogP contribution in [0.2, 0.25) is 19.6 Å². The van der Waals surface area contributed by atoms with Crippen molar-refractivity contribution in [1.29, 1.82) is 0 Å². The Balaban J connectivity index is 0. The fraction of sp³-hybridized carbons (Fsp3) is 1.00. The molecule has 0 heterocycles. The molecule has 0 amide bonds. The van der Waals surface area contributed by atoms with Crippen molar-refractivity contribution in [1.82, 2.24) is 0 Å². The lowest BCUT2D eigenvalue weighted by atomic mass is 10.1. The molecule has 202 valence electrons. The zero-order chi connectivity index (χ0) is 26.8. The number of nitrogens with zero attached hydrogens (tertiary/aromatic N) is 2. The third-order valence-corrected chi connectivity index (χ3v) is 7.94. The summed E-state index contributed by atoms with van der Waals surface area (Å²) in [7, 11) is -10.1. The summed E-state index contributed by atoms with van der Waals surface area (Å²) in [6, 6.07) is 0. The molecule has 0 aromatic rings. The molecule has 0 rings (SSSR count). The first-order valence-electron chi connectivity index (χ1n) is 10.3. The number of quaternary nitrogens is 1. The van der Waals surface area contributed by atoms with Crippen molar-refractivity contribution in [3.8, 4) is 0 Å². The van der Waals surface area contributed by atoms with Crippen molar-refractivity contribution < 1.29 is 52.1 Å². The van der Waals surface area contributed by atoms with Crippen LogP contribution in [0.3, 0.4) is 0 Å². The lowest BCUT2D eigenvalue weighted by Crippen LogP contribution is -2.44. The van der Waals surface area contributed by atoms with E-state index in [0.717, 1.165) is 21.8 Å². The lowest BCUT2D eigenvalue weighted by Gasteiger charge is -2.31. The fourth-order valence-corrected chi connectivity index (χ4v) is 4.66. The highest BCUT2D eigenvalue weighted by molar-refractivity contribution is 8.13. The number of likely N-dealkylation sites (N-methyl/N-ethyl adjacent to an activating group) is 1. The van der Waals surface area contributed by atoms with E-state index < -0.39 is 39.4 Å². The molecule has 0 unspecified atom stereocenters. The Morgan fingerprint density at radius 2 is 1.15 bits per heavy atom. The predicted molar refractivity (Wildman–Crippen MR) is 118 cm³/mol. The van der Waals surface area contributed by atoms with Gasteiger partial charge in [0.15, 0.2) is 28.4 Å². The largest absolute Gasteiger partial charge is 0.480 e. The van der Waals surface area contributed by atoms with Crippen LogP contribution in [-0.4, -0.2) is 74.4 Å². The van der Waals surface area contributed by atoms with E-state index in [1.165, 1.54) is 45.1 Å². The molecule has 33 heavy (non-hydrogen) atoms. The maximum absolute atomic E-state index is 11.4. The quantitative estimate of drug-likeness (QED) is 0.133. The van der Waals surface area contributed by atoms with Crippen LogP contribution in [-0.2, 0) is 24.5 Å². The lowest BCUT2D eigenvalue weighted by molar-refractivity contribution is -0.890. The smallest absolute Gasteiger partial charge is 0.421 e. The first kappa shape index (κ1) is 34.7. The van der Waals surface area contributed by atoms with Crippen molar-refractivity contribution in [2.24, 2.45) is 0 Å². The molecule has 0 fully saturated rings. The highest BCUT2D eigenvalue weighted by atomic mass is 32.3. The first-order chi connectivity index (χ1) is 14.5. The molecule has 0 aromatic carbocycles. The van der Waals surface area contributed by atoms with Crippen LogP contribution in [0.4, 0.5) is 26.3 Å². The van der Waals surface area contributed by atoms with Gasteiger partial charge in [0.1, 0.15) is 6.54 Å². The van der Waals surface area contributed by atoms with Gasteiger partial charge in [0, 0.05) is 0 Å². The second-order valence-electron chi connectivity index (χ2n) is 9.03. The van der Waals surface area contributed by atoms with E-state index >= 15 is 0 Å². The van der Waals surface area contributed by atoms with Crippen LogP contribution in [0.25, 0.3) is 4.13 Å². The molecule has 0 spiro atoms. The van der Waals surface area contributed by atoms with Gasteiger partial charge in [0.25, 0.3) is 0 Å². The van der Waals surface area contributed by atoms with Gasteiger partial charge in [-0.15, -0.1) is 0 Å². The van der Waals surface area contributed by atoms with Crippen LogP contribution in [0, 0.1) is 0 Å². The number of halogens is 6. The summed E-state index contributed by atoms with van der Waals surface area (Å²) in [6.07, 6.45) is 8.35. The summed E-state index contributed by atoms with van der Waals surface area (Å²) in [5.41, 5.74) is -12.4. The minimum absolute atomic E-state index is 0.778. The molecule has 0 atom stereocenters.